The molecule has 2 heterocycles. The largest absolute Gasteiger partial charge is 0.461 e. The molecule has 5 heteroatoms. The lowest BCUT2D eigenvalue weighted by molar-refractivity contribution is 0.0519. The smallest absolute Gasteiger partial charge is 0.360 e. The van der Waals surface area contributed by atoms with Gasteiger partial charge in [-0.3, -0.25) is 0 Å². The van der Waals surface area contributed by atoms with Crippen LogP contribution in [-0.4, -0.2) is 30.6 Å². The monoisotopic (exact) mass is 252 g/mol. The maximum Gasteiger partial charge on any atom is 0.360 e. The van der Waals surface area contributed by atoms with Crippen LogP contribution in [0.1, 0.15) is 37.7 Å². The molecule has 0 saturated carbocycles. The van der Waals surface area contributed by atoms with Gasteiger partial charge < -0.3 is 14.1 Å². The van der Waals surface area contributed by atoms with Gasteiger partial charge in [0.15, 0.2) is 5.69 Å². The number of hydrogen-bond acceptors (Lipinski definition) is 5. The quantitative estimate of drug-likeness (QED) is 0.773. The first-order valence-corrected chi connectivity index (χ1v) is 6.47. The highest BCUT2D eigenvalue weighted by Crippen LogP contribution is 2.25. The Morgan fingerprint density at radius 3 is 2.78 bits per heavy atom. The van der Waals surface area contributed by atoms with Gasteiger partial charge in [-0.05, 0) is 25.2 Å². The van der Waals surface area contributed by atoms with Crippen LogP contribution >= 0.6 is 0 Å². The van der Waals surface area contributed by atoms with Crippen molar-refractivity contribution in [2.45, 2.75) is 27.2 Å². The van der Waals surface area contributed by atoms with E-state index in [1.54, 1.807) is 6.92 Å². The van der Waals surface area contributed by atoms with Crippen molar-refractivity contribution in [1.82, 2.24) is 4.98 Å². The number of esters is 1. The van der Waals surface area contributed by atoms with Gasteiger partial charge in [0.2, 0.25) is 0 Å². The number of anilines is 1. The molecule has 0 amide bonds. The minimum absolute atomic E-state index is 0.248. The van der Waals surface area contributed by atoms with Crippen LogP contribution in [0.5, 0.6) is 0 Å². The van der Waals surface area contributed by atoms with Gasteiger partial charge in [-0.25, -0.2) is 4.79 Å². The van der Waals surface area contributed by atoms with Crippen LogP contribution in [0.3, 0.4) is 0 Å². The summed E-state index contributed by atoms with van der Waals surface area (Å²) in [5.74, 6) is 0.809. The maximum absolute atomic E-state index is 11.5. The lowest BCUT2D eigenvalue weighted by atomic mass is 9.92. The van der Waals surface area contributed by atoms with E-state index in [1.807, 2.05) is 0 Å². The summed E-state index contributed by atoms with van der Waals surface area (Å²) in [7, 11) is 0. The number of aromatic nitrogens is 1. The number of carbonyl (C=O) groups is 1. The van der Waals surface area contributed by atoms with Crippen LogP contribution in [0.4, 0.5) is 6.01 Å². The molecule has 100 valence electrons. The molecular formula is C13H20N2O3. The second-order valence-electron chi connectivity index (χ2n) is 5.09. The molecule has 0 N–H and O–H groups in total. The maximum atomic E-state index is 11.5. The summed E-state index contributed by atoms with van der Waals surface area (Å²) < 4.78 is 10.3. The Morgan fingerprint density at radius 1 is 1.50 bits per heavy atom. The zero-order valence-corrected chi connectivity index (χ0v) is 11.2. The second-order valence-corrected chi connectivity index (χ2v) is 5.09. The van der Waals surface area contributed by atoms with E-state index in [-0.39, 0.29) is 5.69 Å². The van der Waals surface area contributed by atoms with E-state index in [1.165, 1.54) is 12.7 Å². The number of ether oxygens (including phenoxy) is 1. The topological polar surface area (TPSA) is 55.6 Å². The third kappa shape index (κ3) is 2.83. The Bertz CT molecular complexity index is 406. The number of rotatable bonds is 3. The molecule has 18 heavy (non-hydrogen) atoms. The molecule has 0 aromatic carbocycles. The van der Waals surface area contributed by atoms with Crippen LogP contribution in [-0.2, 0) is 4.74 Å². The molecule has 0 spiro atoms. The molecule has 1 aromatic rings. The minimum atomic E-state index is -0.425. The summed E-state index contributed by atoms with van der Waals surface area (Å²) in [4.78, 5) is 17.8. The second kappa shape index (κ2) is 5.42. The van der Waals surface area contributed by atoms with Crippen LogP contribution in [0.25, 0.3) is 0 Å². The number of piperidine rings is 1. The molecule has 2 unspecified atom stereocenters. The SMILES string of the molecule is CCOC(=O)c1coc(N2CC(C)CC(C)C2)n1. The van der Waals surface area contributed by atoms with Gasteiger partial charge in [-0.2, -0.15) is 4.98 Å². The van der Waals surface area contributed by atoms with Gasteiger partial charge in [-0.1, -0.05) is 13.8 Å². The average molecular weight is 252 g/mol. The Morgan fingerprint density at radius 2 is 2.17 bits per heavy atom. The van der Waals surface area contributed by atoms with Gasteiger partial charge in [0, 0.05) is 13.1 Å². The first kappa shape index (κ1) is 12.9. The van der Waals surface area contributed by atoms with Gasteiger partial charge >= 0.3 is 5.97 Å². The molecule has 0 bridgehead atoms. The number of nitrogens with zero attached hydrogens (tertiary/aromatic N) is 2. The predicted molar refractivity (Wildman–Crippen MR) is 67.6 cm³/mol. The zero-order chi connectivity index (χ0) is 13.1. The average Bonchev–Trinajstić information content (AvgIpc) is 2.77. The van der Waals surface area contributed by atoms with Gasteiger partial charge in [-0.15, -0.1) is 0 Å². The van der Waals surface area contributed by atoms with Crippen LogP contribution < -0.4 is 4.90 Å². The van der Waals surface area contributed by atoms with Crippen molar-refractivity contribution in [3.8, 4) is 0 Å². The summed E-state index contributed by atoms with van der Waals surface area (Å²) in [5.41, 5.74) is 0.248. The van der Waals surface area contributed by atoms with E-state index in [4.69, 9.17) is 9.15 Å². The van der Waals surface area contributed by atoms with Gasteiger partial charge in [0.05, 0.1) is 6.61 Å². The molecule has 1 saturated heterocycles. The van der Waals surface area contributed by atoms with Gasteiger partial charge in [0.1, 0.15) is 6.26 Å². The van der Waals surface area contributed by atoms with Crippen molar-refractivity contribution in [3.05, 3.63) is 12.0 Å². The highest BCUT2D eigenvalue weighted by atomic mass is 16.5. The molecule has 1 aliphatic heterocycles. The Balaban J connectivity index is 2.07. The molecular weight excluding hydrogens is 232 g/mol. The van der Waals surface area contributed by atoms with Crippen LogP contribution in [0.2, 0.25) is 0 Å². The van der Waals surface area contributed by atoms with E-state index in [2.05, 4.69) is 23.7 Å². The lowest BCUT2D eigenvalue weighted by Crippen LogP contribution is -2.38. The Labute approximate surface area is 107 Å². The van der Waals surface area contributed by atoms with Crippen LogP contribution in [0, 0.1) is 11.8 Å². The molecule has 2 atom stereocenters. The summed E-state index contributed by atoms with van der Waals surface area (Å²) >= 11 is 0. The fourth-order valence-electron chi connectivity index (χ4n) is 2.53. The minimum Gasteiger partial charge on any atom is -0.461 e. The molecule has 0 radical (unpaired) electrons. The normalized spacial score (nSPS) is 24.1. The number of hydrogen-bond donors (Lipinski definition) is 0. The third-order valence-corrected chi connectivity index (χ3v) is 3.12. The van der Waals surface area contributed by atoms with Crippen molar-refractivity contribution < 1.29 is 13.9 Å². The summed E-state index contributed by atoms with van der Waals surface area (Å²) in [6.45, 7) is 8.40. The van der Waals surface area contributed by atoms with E-state index in [0.717, 1.165) is 13.1 Å². The van der Waals surface area contributed by atoms with Crippen LogP contribution in [0.15, 0.2) is 10.7 Å². The summed E-state index contributed by atoms with van der Waals surface area (Å²) in [6.07, 6.45) is 2.60. The first-order valence-electron chi connectivity index (χ1n) is 6.47. The molecule has 1 aliphatic rings. The van der Waals surface area contributed by atoms with E-state index >= 15 is 0 Å². The van der Waals surface area contributed by atoms with E-state index < -0.39 is 5.97 Å². The fourth-order valence-corrected chi connectivity index (χ4v) is 2.53. The number of oxazole rings is 1. The van der Waals surface area contributed by atoms with Crippen molar-refractivity contribution in [2.75, 3.05) is 24.6 Å². The Hall–Kier alpha value is -1.52. The van der Waals surface area contributed by atoms with Crippen molar-refractivity contribution in [3.63, 3.8) is 0 Å². The Kier molecular flexibility index (Phi) is 3.89. The van der Waals surface area contributed by atoms with Gasteiger partial charge in [0.25, 0.3) is 6.01 Å². The molecule has 1 fully saturated rings. The molecule has 0 aliphatic carbocycles. The highest BCUT2D eigenvalue weighted by molar-refractivity contribution is 5.87. The van der Waals surface area contributed by atoms with Crippen molar-refractivity contribution in [1.29, 1.82) is 0 Å². The van der Waals surface area contributed by atoms with E-state index in [0.29, 0.717) is 24.5 Å². The molecule has 2 rings (SSSR count). The standard InChI is InChI=1S/C13H20N2O3/c1-4-17-12(16)11-8-18-13(14-11)15-6-9(2)5-10(3)7-15/h8-10H,4-7H2,1-3H3. The lowest BCUT2D eigenvalue weighted by Gasteiger charge is -2.33. The number of carbonyl (C=O) groups excluding carboxylic acids is 1. The summed E-state index contributed by atoms with van der Waals surface area (Å²) in [5, 5.41) is 0. The fraction of sp³-hybridized carbons (Fsp3) is 0.692. The molecule has 5 nitrogen and oxygen atoms in total. The highest BCUT2D eigenvalue weighted by Gasteiger charge is 2.25. The molecule has 1 aromatic heterocycles. The first-order chi connectivity index (χ1) is 8.60. The van der Waals surface area contributed by atoms with Crippen molar-refractivity contribution >= 4 is 12.0 Å². The predicted octanol–water partition coefficient (Wildman–Crippen LogP) is 2.33. The summed E-state index contributed by atoms with van der Waals surface area (Å²) in [6, 6.07) is 0.524. The zero-order valence-electron chi connectivity index (χ0n) is 11.2. The van der Waals surface area contributed by atoms with E-state index in [9.17, 15) is 4.79 Å². The van der Waals surface area contributed by atoms with Crippen molar-refractivity contribution in [2.24, 2.45) is 11.8 Å². The third-order valence-electron chi connectivity index (χ3n) is 3.12.